The third-order valence-electron chi connectivity index (χ3n) is 5.91. The Balaban J connectivity index is 1.46. The van der Waals surface area contributed by atoms with Gasteiger partial charge in [-0.1, -0.05) is 66.7 Å². The van der Waals surface area contributed by atoms with Gasteiger partial charge in [-0.05, 0) is 11.6 Å². The van der Waals surface area contributed by atoms with Gasteiger partial charge in [0, 0.05) is 23.7 Å². The molecule has 168 valence electrons. The molecule has 7 nitrogen and oxygen atoms in total. The lowest BCUT2D eigenvalue weighted by Gasteiger charge is -2.49. The minimum Gasteiger partial charge on any atom is -0.394 e. The van der Waals surface area contributed by atoms with Crippen molar-refractivity contribution in [2.75, 3.05) is 6.61 Å². The average molecular weight is 444 g/mol. The smallest absolute Gasteiger partial charge is 0.184 e. The van der Waals surface area contributed by atoms with E-state index in [0.717, 1.165) is 16.7 Å². The van der Waals surface area contributed by atoms with E-state index in [4.69, 9.17) is 24.2 Å². The molecule has 2 fully saturated rings. The van der Waals surface area contributed by atoms with Gasteiger partial charge in [-0.3, -0.25) is 0 Å². The topological polar surface area (TPSA) is 93.8 Å². The highest BCUT2D eigenvalue weighted by atomic mass is 16.8. The Labute approximate surface area is 192 Å². The molecule has 0 bridgehead atoms. The Kier molecular flexibility index (Phi) is 6.44. The van der Waals surface area contributed by atoms with Crippen LogP contribution in [0.15, 0.2) is 79.0 Å². The van der Waals surface area contributed by atoms with Crippen LogP contribution in [0, 0.1) is 11.3 Å². The normalized spacial score (nSPS) is 29.1. The average Bonchev–Trinajstić information content (AvgIpc) is 2.89. The zero-order valence-corrected chi connectivity index (χ0v) is 17.9. The van der Waals surface area contributed by atoms with E-state index >= 15 is 0 Å². The fourth-order valence-corrected chi connectivity index (χ4v) is 4.26. The largest absolute Gasteiger partial charge is 0.394 e. The maximum Gasteiger partial charge on any atom is 0.184 e. The summed E-state index contributed by atoms with van der Waals surface area (Å²) < 4.78 is 25.1. The maximum absolute atomic E-state index is 10.1. The molecule has 6 atom stereocenters. The van der Waals surface area contributed by atoms with Crippen molar-refractivity contribution < 1.29 is 24.1 Å². The molecule has 2 aliphatic heterocycles. The Morgan fingerprint density at radius 1 is 0.758 bits per heavy atom. The minimum absolute atomic E-state index is 0.208. The first-order valence-electron chi connectivity index (χ1n) is 10.9. The first-order valence-corrected chi connectivity index (χ1v) is 10.9. The van der Waals surface area contributed by atoms with Crippen LogP contribution in [0.25, 0.3) is 0 Å². The van der Waals surface area contributed by atoms with Crippen molar-refractivity contribution in [1.29, 1.82) is 5.26 Å². The molecule has 0 spiro atoms. The molecule has 6 unspecified atom stereocenters. The van der Waals surface area contributed by atoms with Crippen molar-refractivity contribution in [2.24, 2.45) is 0 Å². The second-order valence-corrected chi connectivity index (χ2v) is 8.09. The predicted octanol–water partition coefficient (Wildman–Crippen LogP) is 3.45. The van der Waals surface area contributed by atoms with Crippen molar-refractivity contribution in [3.8, 4) is 6.07 Å². The maximum atomic E-state index is 10.1. The summed E-state index contributed by atoms with van der Waals surface area (Å²) in [7, 11) is 0. The van der Waals surface area contributed by atoms with Crippen LogP contribution in [0.4, 0.5) is 0 Å². The quantitative estimate of drug-likeness (QED) is 0.644. The van der Waals surface area contributed by atoms with Crippen molar-refractivity contribution >= 4 is 0 Å². The van der Waals surface area contributed by atoms with Gasteiger partial charge in [0.15, 0.2) is 12.6 Å². The molecule has 0 amide bonds. The van der Waals surface area contributed by atoms with Crippen molar-refractivity contribution in [1.82, 2.24) is 4.98 Å². The third kappa shape index (κ3) is 4.67. The lowest BCUT2D eigenvalue weighted by atomic mass is 9.94. The summed E-state index contributed by atoms with van der Waals surface area (Å²) in [5.74, 6) is 0. The standard InChI is InChI=1S/C26H24N2O5/c27-14-20-12-11-17(15-28-20)13-21-23-24(33-25(30-21)18-7-3-1-4-8-18)22(16-29)31-26(32-23)19-9-5-2-6-10-19/h1-12,15,21-26,29H,13,16H2. The van der Waals surface area contributed by atoms with Crippen LogP contribution < -0.4 is 0 Å². The number of nitriles is 1. The molecule has 2 aromatic carbocycles. The molecule has 0 aliphatic carbocycles. The van der Waals surface area contributed by atoms with E-state index in [9.17, 15) is 5.11 Å². The van der Waals surface area contributed by atoms with Crippen LogP contribution in [0.2, 0.25) is 0 Å². The summed E-state index contributed by atoms with van der Waals surface area (Å²) in [5, 5.41) is 19.2. The predicted molar refractivity (Wildman–Crippen MR) is 118 cm³/mol. The third-order valence-corrected chi connectivity index (χ3v) is 5.91. The number of fused-ring (bicyclic) bond motifs is 1. The first-order chi connectivity index (χ1) is 16.2. The Morgan fingerprint density at radius 2 is 1.33 bits per heavy atom. The zero-order valence-electron chi connectivity index (χ0n) is 17.9. The van der Waals surface area contributed by atoms with Crippen molar-refractivity contribution in [3.63, 3.8) is 0 Å². The Bertz CT molecular complexity index is 1090. The van der Waals surface area contributed by atoms with Gasteiger partial charge in [-0.2, -0.15) is 5.26 Å². The molecule has 1 N–H and O–H groups in total. The van der Waals surface area contributed by atoms with Gasteiger partial charge >= 0.3 is 0 Å². The lowest BCUT2D eigenvalue weighted by molar-refractivity contribution is -0.384. The molecule has 2 saturated heterocycles. The fraction of sp³-hybridized carbons (Fsp3) is 0.308. The highest BCUT2D eigenvalue weighted by Crippen LogP contribution is 2.41. The van der Waals surface area contributed by atoms with Crippen molar-refractivity contribution in [3.05, 3.63) is 101 Å². The molecule has 3 heterocycles. The van der Waals surface area contributed by atoms with E-state index in [1.54, 1.807) is 12.3 Å². The van der Waals surface area contributed by atoms with Crippen molar-refractivity contribution in [2.45, 2.75) is 43.4 Å². The molecule has 2 aliphatic rings. The number of rotatable bonds is 5. The number of hydrogen-bond acceptors (Lipinski definition) is 7. The lowest BCUT2D eigenvalue weighted by Crippen LogP contribution is -2.59. The van der Waals surface area contributed by atoms with Crippen LogP contribution >= 0.6 is 0 Å². The second kappa shape index (κ2) is 9.79. The van der Waals surface area contributed by atoms with Crippen LogP contribution in [0.5, 0.6) is 0 Å². The number of nitrogens with zero attached hydrogens (tertiary/aromatic N) is 2. The SMILES string of the molecule is N#Cc1ccc(CC2OC(c3ccccc3)OC3C(CO)OC(c4ccccc4)OC23)cn1. The van der Waals surface area contributed by atoms with Gasteiger partial charge in [0.2, 0.25) is 0 Å². The number of aliphatic hydroxyl groups excluding tert-OH is 1. The minimum atomic E-state index is -0.647. The number of benzene rings is 2. The number of pyridine rings is 1. The van der Waals surface area contributed by atoms with Gasteiger partial charge in [0.25, 0.3) is 0 Å². The summed E-state index contributed by atoms with van der Waals surface area (Å²) in [4.78, 5) is 4.18. The molecule has 0 radical (unpaired) electrons. The number of hydrogen-bond donors (Lipinski definition) is 1. The Hall–Kier alpha value is -3.12. The van der Waals surface area contributed by atoms with E-state index in [-0.39, 0.29) is 12.7 Å². The number of ether oxygens (including phenoxy) is 4. The highest BCUT2D eigenvalue weighted by molar-refractivity contribution is 5.24. The van der Waals surface area contributed by atoms with Gasteiger partial charge in [-0.15, -0.1) is 0 Å². The molecular weight excluding hydrogens is 420 g/mol. The van der Waals surface area contributed by atoms with Gasteiger partial charge in [0.1, 0.15) is 30.1 Å². The van der Waals surface area contributed by atoms with E-state index in [2.05, 4.69) is 4.98 Å². The van der Waals surface area contributed by atoms with Crippen LogP contribution in [-0.2, 0) is 25.4 Å². The number of aliphatic hydroxyl groups is 1. The molecule has 3 aromatic rings. The van der Waals surface area contributed by atoms with Gasteiger partial charge in [0.05, 0.1) is 12.7 Å². The van der Waals surface area contributed by atoms with Gasteiger partial charge in [-0.25, -0.2) is 4.98 Å². The zero-order chi connectivity index (χ0) is 22.6. The van der Waals surface area contributed by atoms with E-state index in [0.29, 0.717) is 12.1 Å². The second-order valence-electron chi connectivity index (χ2n) is 8.09. The molecule has 7 heteroatoms. The van der Waals surface area contributed by atoms with Crippen LogP contribution in [-0.4, -0.2) is 41.1 Å². The van der Waals surface area contributed by atoms with E-state index in [1.807, 2.05) is 72.8 Å². The Morgan fingerprint density at radius 3 is 1.85 bits per heavy atom. The summed E-state index contributed by atoms with van der Waals surface area (Å²) in [6.07, 6.45) is -1.04. The molecular formula is C26H24N2O5. The summed E-state index contributed by atoms with van der Waals surface area (Å²) in [6, 6.07) is 24.9. The monoisotopic (exact) mass is 444 g/mol. The van der Waals surface area contributed by atoms with Gasteiger partial charge < -0.3 is 24.1 Å². The highest BCUT2D eigenvalue weighted by Gasteiger charge is 2.50. The first kappa shape index (κ1) is 21.7. The molecule has 0 saturated carbocycles. The van der Waals surface area contributed by atoms with Crippen LogP contribution in [0.3, 0.4) is 0 Å². The summed E-state index contributed by atoms with van der Waals surface area (Å²) >= 11 is 0. The summed E-state index contributed by atoms with van der Waals surface area (Å²) in [5.41, 5.74) is 3.01. The summed E-state index contributed by atoms with van der Waals surface area (Å²) in [6.45, 7) is -0.208. The number of aromatic nitrogens is 1. The van der Waals surface area contributed by atoms with E-state index < -0.39 is 30.9 Å². The molecule has 5 rings (SSSR count). The van der Waals surface area contributed by atoms with Crippen LogP contribution in [0.1, 0.15) is 35.0 Å². The fourth-order valence-electron chi connectivity index (χ4n) is 4.26. The molecule has 1 aromatic heterocycles. The molecule has 33 heavy (non-hydrogen) atoms. The van der Waals surface area contributed by atoms with E-state index in [1.165, 1.54) is 0 Å².